The van der Waals surface area contributed by atoms with Gasteiger partial charge in [-0.2, -0.15) is 0 Å². The van der Waals surface area contributed by atoms with E-state index >= 15 is 0 Å². The monoisotopic (exact) mass is 268 g/mol. The Kier molecular flexibility index (Phi) is 5.45. The highest BCUT2D eigenvalue weighted by atomic mass is 35.5. The molecule has 1 aliphatic rings. The number of likely N-dealkylation sites (N-methyl/N-ethyl adjacent to an activating group) is 1. The largest absolute Gasteiger partial charge is 0.379 e. The minimum Gasteiger partial charge on any atom is -0.379 e. The molecular weight excluding hydrogens is 248 g/mol. The van der Waals surface area contributed by atoms with E-state index in [1.165, 1.54) is 5.56 Å². The van der Waals surface area contributed by atoms with Crippen molar-refractivity contribution in [3.63, 3.8) is 0 Å². The van der Waals surface area contributed by atoms with Crippen LogP contribution in [0.25, 0.3) is 0 Å². The van der Waals surface area contributed by atoms with E-state index in [4.69, 9.17) is 16.3 Å². The predicted octanol–water partition coefficient (Wildman–Crippen LogP) is 2.32. The SMILES string of the molecule is CCNCC(c1ccccc1Cl)N1CCOCC1. The zero-order chi connectivity index (χ0) is 12.8. The molecule has 0 radical (unpaired) electrons. The zero-order valence-corrected chi connectivity index (χ0v) is 11.6. The summed E-state index contributed by atoms with van der Waals surface area (Å²) in [6.07, 6.45) is 0. The van der Waals surface area contributed by atoms with Crippen molar-refractivity contribution in [3.05, 3.63) is 34.9 Å². The Morgan fingerprint density at radius 2 is 2.06 bits per heavy atom. The summed E-state index contributed by atoms with van der Waals surface area (Å²) < 4.78 is 5.43. The smallest absolute Gasteiger partial charge is 0.0594 e. The lowest BCUT2D eigenvalue weighted by Crippen LogP contribution is -2.42. The first kappa shape index (κ1) is 13.8. The molecule has 1 aromatic rings. The van der Waals surface area contributed by atoms with Gasteiger partial charge in [-0.05, 0) is 18.2 Å². The van der Waals surface area contributed by atoms with Gasteiger partial charge >= 0.3 is 0 Å². The van der Waals surface area contributed by atoms with E-state index in [1.54, 1.807) is 0 Å². The van der Waals surface area contributed by atoms with E-state index in [0.29, 0.717) is 6.04 Å². The number of ether oxygens (including phenoxy) is 1. The molecule has 4 heteroatoms. The predicted molar refractivity (Wildman–Crippen MR) is 75.1 cm³/mol. The topological polar surface area (TPSA) is 24.5 Å². The van der Waals surface area contributed by atoms with Crippen LogP contribution in [0.15, 0.2) is 24.3 Å². The van der Waals surface area contributed by atoms with Gasteiger partial charge in [0.1, 0.15) is 0 Å². The number of halogens is 1. The van der Waals surface area contributed by atoms with Crippen LogP contribution in [-0.2, 0) is 4.74 Å². The van der Waals surface area contributed by atoms with Gasteiger partial charge in [-0.25, -0.2) is 0 Å². The number of morpholine rings is 1. The second-order valence-electron chi connectivity index (χ2n) is 4.49. The summed E-state index contributed by atoms with van der Waals surface area (Å²) in [6.45, 7) is 7.61. The van der Waals surface area contributed by atoms with Crippen molar-refractivity contribution >= 4 is 11.6 Å². The molecule has 1 unspecified atom stereocenters. The Bertz CT molecular complexity index is 367. The minimum absolute atomic E-state index is 0.336. The second-order valence-corrected chi connectivity index (χ2v) is 4.90. The van der Waals surface area contributed by atoms with Crippen molar-refractivity contribution in [2.45, 2.75) is 13.0 Å². The number of benzene rings is 1. The molecule has 100 valence electrons. The molecule has 0 aromatic heterocycles. The highest BCUT2D eigenvalue weighted by molar-refractivity contribution is 6.31. The van der Waals surface area contributed by atoms with E-state index < -0.39 is 0 Å². The van der Waals surface area contributed by atoms with Crippen LogP contribution in [-0.4, -0.2) is 44.3 Å². The van der Waals surface area contributed by atoms with Gasteiger partial charge in [0.05, 0.1) is 13.2 Å². The molecule has 3 nitrogen and oxygen atoms in total. The third kappa shape index (κ3) is 3.45. The van der Waals surface area contributed by atoms with E-state index in [-0.39, 0.29) is 0 Å². The fraction of sp³-hybridized carbons (Fsp3) is 0.571. The number of nitrogens with one attached hydrogen (secondary N) is 1. The van der Waals surface area contributed by atoms with Gasteiger partial charge < -0.3 is 10.1 Å². The fourth-order valence-electron chi connectivity index (χ4n) is 2.35. The number of hydrogen-bond acceptors (Lipinski definition) is 3. The van der Waals surface area contributed by atoms with Crippen LogP contribution in [0.2, 0.25) is 5.02 Å². The summed E-state index contributed by atoms with van der Waals surface area (Å²) in [5.74, 6) is 0. The van der Waals surface area contributed by atoms with E-state index in [1.807, 2.05) is 12.1 Å². The Labute approximate surface area is 114 Å². The van der Waals surface area contributed by atoms with Gasteiger partial charge in [-0.1, -0.05) is 36.7 Å². The summed E-state index contributed by atoms with van der Waals surface area (Å²) in [6, 6.07) is 8.47. The van der Waals surface area contributed by atoms with Crippen LogP contribution in [0, 0.1) is 0 Å². The number of rotatable bonds is 5. The molecule has 1 N–H and O–H groups in total. The first-order valence-corrected chi connectivity index (χ1v) is 6.97. The molecule has 1 heterocycles. The maximum atomic E-state index is 6.33. The van der Waals surface area contributed by atoms with Gasteiger partial charge in [0.25, 0.3) is 0 Å². The third-order valence-electron chi connectivity index (χ3n) is 3.34. The molecule has 0 amide bonds. The van der Waals surface area contributed by atoms with Crippen LogP contribution in [0.1, 0.15) is 18.5 Å². The van der Waals surface area contributed by atoms with Crippen LogP contribution < -0.4 is 5.32 Å². The molecule has 1 aliphatic heterocycles. The van der Waals surface area contributed by atoms with E-state index in [9.17, 15) is 0 Å². The van der Waals surface area contributed by atoms with E-state index in [0.717, 1.165) is 44.4 Å². The van der Waals surface area contributed by atoms with Gasteiger partial charge in [0.2, 0.25) is 0 Å². The van der Waals surface area contributed by atoms with Gasteiger partial charge in [0.15, 0.2) is 0 Å². The maximum Gasteiger partial charge on any atom is 0.0594 e. The molecule has 2 rings (SSSR count). The zero-order valence-electron chi connectivity index (χ0n) is 10.9. The standard InChI is InChI=1S/C14H21ClN2O/c1-2-16-11-14(17-7-9-18-10-8-17)12-5-3-4-6-13(12)15/h3-6,14,16H,2,7-11H2,1H3. The Balaban J connectivity index is 2.15. The fourth-order valence-corrected chi connectivity index (χ4v) is 2.61. The summed E-state index contributed by atoms with van der Waals surface area (Å²) in [4.78, 5) is 2.45. The summed E-state index contributed by atoms with van der Waals surface area (Å²) >= 11 is 6.33. The molecule has 1 aromatic carbocycles. The lowest BCUT2D eigenvalue weighted by atomic mass is 10.0. The van der Waals surface area contributed by atoms with Crippen LogP contribution in [0.5, 0.6) is 0 Å². The Morgan fingerprint density at radius 1 is 1.33 bits per heavy atom. The maximum absolute atomic E-state index is 6.33. The lowest BCUT2D eigenvalue weighted by molar-refractivity contribution is 0.0163. The molecule has 0 saturated carbocycles. The van der Waals surface area contributed by atoms with Crippen LogP contribution in [0.4, 0.5) is 0 Å². The minimum atomic E-state index is 0.336. The average Bonchev–Trinajstić information content (AvgIpc) is 2.42. The lowest BCUT2D eigenvalue weighted by Gasteiger charge is -2.35. The quantitative estimate of drug-likeness (QED) is 0.887. The highest BCUT2D eigenvalue weighted by Crippen LogP contribution is 2.27. The number of nitrogens with zero attached hydrogens (tertiary/aromatic N) is 1. The third-order valence-corrected chi connectivity index (χ3v) is 3.68. The van der Waals surface area contributed by atoms with Gasteiger partial charge in [-0.3, -0.25) is 4.90 Å². The van der Waals surface area contributed by atoms with Crippen molar-refractivity contribution in [2.75, 3.05) is 39.4 Å². The van der Waals surface area contributed by atoms with Crippen molar-refractivity contribution in [2.24, 2.45) is 0 Å². The Hall–Kier alpha value is -0.610. The molecular formula is C14H21ClN2O. The first-order chi connectivity index (χ1) is 8.83. The molecule has 1 saturated heterocycles. The summed E-state index contributed by atoms with van der Waals surface area (Å²) in [5, 5.41) is 4.28. The highest BCUT2D eigenvalue weighted by Gasteiger charge is 2.23. The molecule has 0 spiro atoms. The van der Waals surface area contributed by atoms with E-state index in [2.05, 4.69) is 29.3 Å². The Morgan fingerprint density at radius 3 is 2.72 bits per heavy atom. The summed E-state index contributed by atoms with van der Waals surface area (Å²) in [7, 11) is 0. The normalized spacial score (nSPS) is 18.8. The van der Waals surface area contributed by atoms with Gasteiger partial charge in [-0.15, -0.1) is 0 Å². The molecule has 1 fully saturated rings. The second kappa shape index (κ2) is 7.10. The number of hydrogen-bond donors (Lipinski definition) is 1. The first-order valence-electron chi connectivity index (χ1n) is 6.60. The molecule has 0 aliphatic carbocycles. The average molecular weight is 269 g/mol. The van der Waals surface area contributed by atoms with Crippen molar-refractivity contribution < 1.29 is 4.74 Å². The van der Waals surface area contributed by atoms with Crippen LogP contribution >= 0.6 is 11.6 Å². The van der Waals surface area contributed by atoms with Crippen LogP contribution in [0.3, 0.4) is 0 Å². The van der Waals surface area contributed by atoms with Crippen molar-refractivity contribution in [3.8, 4) is 0 Å². The van der Waals surface area contributed by atoms with Crippen molar-refractivity contribution in [1.29, 1.82) is 0 Å². The van der Waals surface area contributed by atoms with Crippen molar-refractivity contribution in [1.82, 2.24) is 10.2 Å². The van der Waals surface area contributed by atoms with Gasteiger partial charge in [0, 0.05) is 30.7 Å². The molecule has 0 bridgehead atoms. The summed E-state index contributed by atoms with van der Waals surface area (Å²) in [5.41, 5.74) is 1.21. The molecule has 1 atom stereocenters. The molecule has 18 heavy (non-hydrogen) atoms.